The second kappa shape index (κ2) is 5.31. The second-order valence-corrected chi connectivity index (χ2v) is 3.79. The quantitative estimate of drug-likeness (QED) is 0.872. The lowest BCUT2D eigenvalue weighted by Gasteiger charge is -2.07. The molecule has 0 radical (unpaired) electrons. The Hall–Kier alpha value is -2.36. The first-order valence-electron chi connectivity index (χ1n) is 5.48. The van der Waals surface area contributed by atoms with Crippen LogP contribution in [0.2, 0.25) is 0 Å². The Morgan fingerprint density at radius 3 is 2.50 bits per heavy atom. The fourth-order valence-electron chi connectivity index (χ4n) is 1.58. The Bertz CT molecular complexity index is 569. The maximum atomic E-state index is 13.3. The number of carbonyl (C=O) groups excluding carboxylic acids is 1. The van der Waals surface area contributed by atoms with Crippen molar-refractivity contribution < 1.29 is 14.3 Å². The minimum absolute atomic E-state index is 0.0832. The first-order valence-corrected chi connectivity index (χ1v) is 5.48. The Balaban J connectivity index is 2.06. The first kappa shape index (κ1) is 12.1. The standard InChI is InChI=1S/C14H12FNO2/c15-12-7-3-1-5-10(12)9-16-14(18)11-6-2-4-8-13(11)17/h1-8,17H,9H2,(H,16,18). The molecule has 0 unspecified atom stereocenters. The van der Waals surface area contributed by atoms with Crippen LogP contribution in [0.5, 0.6) is 5.75 Å². The van der Waals surface area contributed by atoms with Crippen LogP contribution in [0.15, 0.2) is 48.5 Å². The van der Waals surface area contributed by atoms with Crippen molar-refractivity contribution in [2.45, 2.75) is 6.54 Å². The van der Waals surface area contributed by atoms with Crippen LogP contribution in [0.4, 0.5) is 4.39 Å². The van der Waals surface area contributed by atoms with Crippen LogP contribution >= 0.6 is 0 Å². The minimum Gasteiger partial charge on any atom is -0.507 e. The number of hydrogen-bond donors (Lipinski definition) is 2. The third-order valence-corrected chi connectivity index (χ3v) is 2.55. The van der Waals surface area contributed by atoms with Crippen LogP contribution in [-0.2, 0) is 6.54 Å². The molecule has 18 heavy (non-hydrogen) atoms. The van der Waals surface area contributed by atoms with Crippen LogP contribution in [0.3, 0.4) is 0 Å². The summed E-state index contributed by atoms with van der Waals surface area (Å²) in [5.41, 5.74) is 0.579. The maximum Gasteiger partial charge on any atom is 0.255 e. The van der Waals surface area contributed by atoms with E-state index in [-0.39, 0.29) is 23.7 Å². The average Bonchev–Trinajstić information content (AvgIpc) is 2.38. The van der Waals surface area contributed by atoms with Gasteiger partial charge in [-0.05, 0) is 18.2 Å². The predicted octanol–water partition coefficient (Wildman–Crippen LogP) is 2.46. The normalized spacial score (nSPS) is 10.1. The van der Waals surface area contributed by atoms with E-state index in [0.29, 0.717) is 5.56 Å². The minimum atomic E-state index is -0.434. The Kier molecular flexibility index (Phi) is 3.57. The van der Waals surface area contributed by atoms with Gasteiger partial charge in [-0.3, -0.25) is 4.79 Å². The van der Waals surface area contributed by atoms with Gasteiger partial charge in [0.15, 0.2) is 0 Å². The van der Waals surface area contributed by atoms with Gasteiger partial charge in [0.25, 0.3) is 5.91 Å². The average molecular weight is 245 g/mol. The summed E-state index contributed by atoms with van der Waals surface area (Å²) in [7, 11) is 0. The lowest BCUT2D eigenvalue weighted by Crippen LogP contribution is -2.23. The van der Waals surface area contributed by atoms with Crippen molar-refractivity contribution in [3.63, 3.8) is 0 Å². The molecule has 4 heteroatoms. The van der Waals surface area contributed by atoms with Gasteiger partial charge in [0.05, 0.1) is 5.56 Å². The van der Waals surface area contributed by atoms with Crippen LogP contribution in [0, 0.1) is 5.82 Å². The van der Waals surface area contributed by atoms with E-state index in [0.717, 1.165) is 0 Å². The van der Waals surface area contributed by atoms with Gasteiger partial charge in [0.1, 0.15) is 11.6 Å². The van der Waals surface area contributed by atoms with Gasteiger partial charge >= 0.3 is 0 Å². The number of phenolic OH excluding ortho intramolecular Hbond substituents is 1. The fraction of sp³-hybridized carbons (Fsp3) is 0.0714. The van der Waals surface area contributed by atoms with Gasteiger partial charge in [-0.25, -0.2) is 4.39 Å². The molecule has 0 fully saturated rings. The zero-order chi connectivity index (χ0) is 13.0. The summed E-state index contributed by atoms with van der Waals surface area (Å²) in [5, 5.41) is 12.1. The maximum absolute atomic E-state index is 13.3. The van der Waals surface area contributed by atoms with E-state index in [4.69, 9.17) is 0 Å². The molecule has 0 spiro atoms. The van der Waals surface area contributed by atoms with Gasteiger partial charge in [-0.2, -0.15) is 0 Å². The number of rotatable bonds is 3. The molecule has 0 saturated carbocycles. The molecule has 0 bridgehead atoms. The highest BCUT2D eigenvalue weighted by Gasteiger charge is 2.10. The molecule has 0 aliphatic heterocycles. The molecule has 2 N–H and O–H groups in total. The number of hydrogen-bond acceptors (Lipinski definition) is 2. The molecular weight excluding hydrogens is 233 g/mol. The second-order valence-electron chi connectivity index (χ2n) is 3.79. The van der Waals surface area contributed by atoms with Crippen LogP contribution in [-0.4, -0.2) is 11.0 Å². The number of amides is 1. The summed E-state index contributed by atoms with van der Waals surface area (Å²) in [6.45, 7) is 0.0832. The van der Waals surface area contributed by atoms with E-state index in [1.54, 1.807) is 30.3 Å². The summed E-state index contributed by atoms with van der Waals surface area (Å²) in [6, 6.07) is 12.4. The number of para-hydroxylation sites is 1. The Morgan fingerprint density at radius 2 is 1.78 bits per heavy atom. The van der Waals surface area contributed by atoms with Crippen LogP contribution in [0.1, 0.15) is 15.9 Å². The summed E-state index contributed by atoms with van der Waals surface area (Å²) in [6.07, 6.45) is 0. The third kappa shape index (κ3) is 2.66. The highest BCUT2D eigenvalue weighted by atomic mass is 19.1. The smallest absolute Gasteiger partial charge is 0.255 e. The third-order valence-electron chi connectivity index (χ3n) is 2.55. The van der Waals surface area contributed by atoms with Gasteiger partial charge in [-0.15, -0.1) is 0 Å². The molecule has 0 atom stereocenters. The Labute approximate surface area is 104 Å². The SMILES string of the molecule is O=C(NCc1ccccc1F)c1ccccc1O. The van der Waals surface area contributed by atoms with Gasteiger partial charge in [-0.1, -0.05) is 30.3 Å². The number of aromatic hydroxyl groups is 1. The first-order chi connectivity index (χ1) is 8.68. The number of benzene rings is 2. The summed E-state index contributed by atoms with van der Waals surface area (Å²) in [5.74, 6) is -0.894. The number of halogens is 1. The molecule has 0 heterocycles. The monoisotopic (exact) mass is 245 g/mol. The highest BCUT2D eigenvalue weighted by Crippen LogP contribution is 2.15. The lowest BCUT2D eigenvalue weighted by molar-refractivity contribution is 0.0948. The summed E-state index contributed by atoms with van der Waals surface area (Å²) >= 11 is 0. The predicted molar refractivity (Wildman–Crippen MR) is 65.7 cm³/mol. The van der Waals surface area contributed by atoms with E-state index < -0.39 is 5.91 Å². The number of phenols is 1. The van der Waals surface area contributed by atoms with Gasteiger partial charge in [0, 0.05) is 12.1 Å². The topological polar surface area (TPSA) is 49.3 Å². The van der Waals surface area contributed by atoms with Crippen molar-refractivity contribution in [3.8, 4) is 5.75 Å². The van der Waals surface area contributed by atoms with Crippen molar-refractivity contribution in [2.75, 3.05) is 0 Å². The summed E-state index contributed by atoms with van der Waals surface area (Å²) < 4.78 is 13.3. The molecule has 0 aliphatic carbocycles. The van der Waals surface area contributed by atoms with Crippen molar-refractivity contribution in [2.24, 2.45) is 0 Å². The van der Waals surface area contributed by atoms with E-state index in [1.165, 1.54) is 18.2 Å². The molecule has 2 rings (SSSR count). The van der Waals surface area contributed by atoms with E-state index in [9.17, 15) is 14.3 Å². The number of carbonyl (C=O) groups is 1. The van der Waals surface area contributed by atoms with Crippen molar-refractivity contribution >= 4 is 5.91 Å². The van der Waals surface area contributed by atoms with Crippen molar-refractivity contribution in [1.82, 2.24) is 5.32 Å². The molecule has 92 valence electrons. The molecular formula is C14H12FNO2. The van der Waals surface area contributed by atoms with E-state index >= 15 is 0 Å². The zero-order valence-corrected chi connectivity index (χ0v) is 9.56. The Morgan fingerprint density at radius 1 is 1.11 bits per heavy atom. The van der Waals surface area contributed by atoms with Crippen LogP contribution < -0.4 is 5.32 Å². The molecule has 0 aromatic heterocycles. The molecule has 0 saturated heterocycles. The van der Waals surface area contributed by atoms with Crippen molar-refractivity contribution in [1.29, 1.82) is 0 Å². The molecule has 0 aliphatic rings. The number of nitrogens with one attached hydrogen (secondary N) is 1. The van der Waals surface area contributed by atoms with E-state index in [2.05, 4.69) is 5.32 Å². The molecule has 2 aromatic carbocycles. The molecule has 1 amide bonds. The fourth-order valence-corrected chi connectivity index (χ4v) is 1.58. The summed E-state index contributed by atoms with van der Waals surface area (Å²) in [4.78, 5) is 11.8. The van der Waals surface area contributed by atoms with Crippen molar-refractivity contribution in [3.05, 3.63) is 65.5 Å². The van der Waals surface area contributed by atoms with Crippen LogP contribution in [0.25, 0.3) is 0 Å². The molecule has 2 aromatic rings. The van der Waals surface area contributed by atoms with Gasteiger partial charge < -0.3 is 10.4 Å². The zero-order valence-electron chi connectivity index (χ0n) is 9.56. The molecule has 3 nitrogen and oxygen atoms in total. The van der Waals surface area contributed by atoms with E-state index in [1.807, 2.05) is 0 Å². The van der Waals surface area contributed by atoms with Gasteiger partial charge in [0.2, 0.25) is 0 Å². The largest absolute Gasteiger partial charge is 0.507 e. The highest BCUT2D eigenvalue weighted by molar-refractivity contribution is 5.96. The lowest BCUT2D eigenvalue weighted by atomic mass is 10.1.